The van der Waals surface area contributed by atoms with Crippen LogP contribution in [0.1, 0.15) is 5.56 Å². The monoisotopic (exact) mass is 359 g/mol. The van der Waals surface area contributed by atoms with Crippen molar-refractivity contribution < 1.29 is 33.4 Å². The van der Waals surface area contributed by atoms with E-state index in [1.807, 2.05) is 22.8 Å². The second-order valence-corrected chi connectivity index (χ2v) is 6.80. The van der Waals surface area contributed by atoms with Crippen molar-refractivity contribution in [3.63, 3.8) is 0 Å². The van der Waals surface area contributed by atoms with Crippen molar-refractivity contribution in [2.45, 2.75) is 10.1 Å². The molecule has 0 amide bonds. The van der Waals surface area contributed by atoms with E-state index in [9.17, 15) is 0 Å². The van der Waals surface area contributed by atoms with Crippen molar-refractivity contribution >= 4 is 28.1 Å². The van der Waals surface area contributed by atoms with Gasteiger partial charge in [0.1, 0.15) is 12.4 Å². The molecule has 22 heavy (non-hydrogen) atoms. The van der Waals surface area contributed by atoms with Crippen LogP contribution in [0.5, 0.6) is 0 Å². The van der Waals surface area contributed by atoms with E-state index in [0.717, 1.165) is 15.1 Å². The number of halogens is 1. The van der Waals surface area contributed by atoms with Crippen molar-refractivity contribution in [2.24, 2.45) is 0 Å². The molecule has 0 bridgehead atoms. The Morgan fingerprint density at radius 1 is 1.09 bits per heavy atom. The van der Waals surface area contributed by atoms with Crippen LogP contribution in [0, 0.1) is 10.2 Å². The Labute approximate surface area is 136 Å². The van der Waals surface area contributed by atoms with E-state index < -0.39 is 10.2 Å². The molecule has 0 N–H and O–H groups in total. The van der Waals surface area contributed by atoms with Gasteiger partial charge in [0.05, 0.1) is 0 Å². The van der Waals surface area contributed by atoms with Crippen LogP contribution in [0.25, 0.3) is 4.96 Å². The van der Waals surface area contributed by atoms with Crippen LogP contribution >= 0.6 is 23.1 Å². The highest BCUT2D eigenvalue weighted by atomic mass is 35.7. The van der Waals surface area contributed by atoms with Gasteiger partial charge in [-0.05, 0) is 21.9 Å². The summed E-state index contributed by atoms with van der Waals surface area (Å²) >= 11 is 3.37. The van der Waals surface area contributed by atoms with Crippen molar-refractivity contribution in [1.29, 1.82) is 0 Å². The van der Waals surface area contributed by atoms with Gasteiger partial charge in [-0.3, -0.25) is 0 Å². The highest BCUT2D eigenvalue weighted by molar-refractivity contribution is 8.00. The first kappa shape index (κ1) is 17.0. The maximum Gasteiger partial charge on any atom is 0.410 e. The Balaban J connectivity index is 0.000000309. The van der Waals surface area contributed by atoms with Crippen LogP contribution in [0.2, 0.25) is 0 Å². The minimum absolute atomic E-state index is 0.933. The molecule has 0 aliphatic rings. The summed E-state index contributed by atoms with van der Waals surface area (Å²) in [5.74, 6) is 0.946. The summed E-state index contributed by atoms with van der Waals surface area (Å²) in [4.78, 5) is 5.20. The molecule has 0 unspecified atom stereocenters. The van der Waals surface area contributed by atoms with Gasteiger partial charge in [0.25, 0.3) is 0 Å². The molecule has 0 spiro atoms. The summed E-state index contributed by atoms with van der Waals surface area (Å²) < 4.78 is 36.8. The number of nitrogens with zero attached hydrogens (tertiary/aromatic N) is 3. The number of hydrogen-bond donors (Lipinski definition) is 0. The van der Waals surface area contributed by atoms with E-state index in [1.165, 1.54) is 5.56 Å². The second kappa shape index (κ2) is 7.79. The Kier molecular flexibility index (Phi) is 6.03. The van der Waals surface area contributed by atoms with Crippen LogP contribution in [-0.4, -0.2) is 10.1 Å². The fraction of sp³-hybridized carbons (Fsp3) is 0.0833. The molecule has 1 aromatic carbocycles. The highest BCUT2D eigenvalue weighted by Gasteiger charge is 2.11. The average molecular weight is 360 g/mol. The van der Waals surface area contributed by atoms with Crippen LogP contribution in [0.4, 0.5) is 0 Å². The van der Waals surface area contributed by atoms with E-state index in [4.69, 9.17) is 18.6 Å². The summed E-state index contributed by atoms with van der Waals surface area (Å²) in [6.07, 6.45) is 3.71. The molecule has 3 aromatic rings. The molecule has 0 saturated carbocycles. The lowest BCUT2D eigenvalue weighted by Crippen LogP contribution is -2.68. The van der Waals surface area contributed by atoms with Gasteiger partial charge in [0.2, 0.25) is 4.34 Å². The maximum atomic E-state index is 8.49. The largest absolute Gasteiger partial charge is 0.410 e. The predicted octanol–water partition coefficient (Wildman–Crippen LogP) is -2.19. The van der Waals surface area contributed by atoms with Crippen molar-refractivity contribution in [2.75, 3.05) is 0 Å². The standard InChI is InChI=1S/C12H10N3S2.ClHO4/c1-2-5-10(6-3-1)9-16-12-14-15-8-4-7-13-11(15)17-12;2-1(3,4)5/h1-8H,9H2;(H,2,3,4,5)/q+1;/p-1. The number of hydrogen-bond acceptors (Lipinski definition) is 8. The number of thioether (sulfide) groups is 1. The topological polar surface area (TPSA) is 122 Å². The molecule has 0 aliphatic carbocycles. The van der Waals surface area contributed by atoms with Crippen LogP contribution in [0.15, 0.2) is 53.1 Å². The first-order valence-electron chi connectivity index (χ1n) is 5.84. The third kappa shape index (κ3) is 6.20. The lowest BCUT2D eigenvalue weighted by Gasteiger charge is -2.17. The molecule has 0 aliphatic heterocycles. The van der Waals surface area contributed by atoms with Gasteiger partial charge < -0.3 is 0 Å². The number of fused-ring (bicyclic) bond motifs is 1. The molecule has 10 heteroatoms. The van der Waals surface area contributed by atoms with E-state index in [-0.39, 0.29) is 0 Å². The number of aromatic nitrogens is 3. The summed E-state index contributed by atoms with van der Waals surface area (Å²) in [6.45, 7) is 0. The van der Waals surface area contributed by atoms with Crippen LogP contribution in [-0.2, 0) is 5.75 Å². The van der Waals surface area contributed by atoms with Gasteiger partial charge in [-0.25, -0.2) is 18.6 Å². The molecule has 116 valence electrons. The zero-order valence-corrected chi connectivity index (χ0v) is 13.4. The van der Waals surface area contributed by atoms with Gasteiger partial charge >= 0.3 is 4.96 Å². The molecular formula is C12H10ClN3O4S2. The normalized spacial score (nSPS) is 11.1. The third-order valence-electron chi connectivity index (χ3n) is 2.27. The Bertz CT molecular complexity index is 682. The van der Waals surface area contributed by atoms with Gasteiger partial charge in [0, 0.05) is 11.8 Å². The minimum atomic E-state index is -4.94. The first-order valence-corrected chi connectivity index (χ1v) is 8.87. The third-order valence-corrected chi connectivity index (χ3v) is 4.41. The predicted molar refractivity (Wildman–Crippen MR) is 69.1 cm³/mol. The molecule has 7 nitrogen and oxygen atoms in total. The van der Waals surface area contributed by atoms with Gasteiger partial charge in [0.15, 0.2) is 0 Å². The van der Waals surface area contributed by atoms with E-state index >= 15 is 0 Å². The van der Waals surface area contributed by atoms with E-state index in [1.54, 1.807) is 29.3 Å². The smallest absolute Gasteiger partial charge is 0.222 e. The summed E-state index contributed by atoms with van der Waals surface area (Å²) in [7, 11) is -4.94. The number of rotatable bonds is 3. The summed E-state index contributed by atoms with van der Waals surface area (Å²) in [5.41, 5.74) is 1.31. The Hall–Kier alpha value is -1.33. The molecule has 3 rings (SSSR count). The highest BCUT2D eigenvalue weighted by Crippen LogP contribution is 2.24. The fourth-order valence-electron chi connectivity index (χ4n) is 1.46. The minimum Gasteiger partial charge on any atom is -0.222 e. The molecule has 0 fully saturated rings. The van der Waals surface area contributed by atoms with E-state index in [2.05, 4.69) is 34.3 Å². The summed E-state index contributed by atoms with van der Waals surface area (Å²) in [5, 5.41) is 4.46. The summed E-state index contributed by atoms with van der Waals surface area (Å²) in [6, 6.07) is 12.3. The second-order valence-electron chi connectivity index (χ2n) is 3.87. The lowest BCUT2D eigenvalue weighted by atomic mass is 10.2. The molecule has 2 aromatic heterocycles. The molecule has 0 radical (unpaired) electrons. The van der Waals surface area contributed by atoms with Crippen LogP contribution in [0.3, 0.4) is 0 Å². The van der Waals surface area contributed by atoms with Crippen molar-refractivity contribution in [3.8, 4) is 0 Å². The quantitative estimate of drug-likeness (QED) is 0.384. The zero-order chi connectivity index (χ0) is 16.0. The van der Waals surface area contributed by atoms with Gasteiger partial charge in [-0.2, -0.15) is 0 Å². The number of benzene rings is 1. The Morgan fingerprint density at radius 2 is 1.77 bits per heavy atom. The van der Waals surface area contributed by atoms with E-state index in [0.29, 0.717) is 0 Å². The van der Waals surface area contributed by atoms with Gasteiger partial charge in [-0.1, -0.05) is 51.7 Å². The lowest BCUT2D eigenvalue weighted by molar-refractivity contribution is -2.00. The zero-order valence-electron chi connectivity index (χ0n) is 11.0. The molecule has 0 atom stereocenters. The SMILES string of the molecule is [O-][Cl+3]([O-])([O-])[O-].c1ccc(CSc2n[n+]3cccnc3s2)cc1. The Morgan fingerprint density at radius 3 is 2.41 bits per heavy atom. The van der Waals surface area contributed by atoms with Crippen molar-refractivity contribution in [1.82, 2.24) is 10.1 Å². The average Bonchev–Trinajstić information content (AvgIpc) is 2.87. The maximum absolute atomic E-state index is 8.49. The fourth-order valence-corrected chi connectivity index (χ4v) is 3.32. The molecule has 2 heterocycles. The van der Waals surface area contributed by atoms with Crippen molar-refractivity contribution in [3.05, 3.63) is 54.4 Å². The van der Waals surface area contributed by atoms with Crippen LogP contribution < -0.4 is 23.2 Å². The van der Waals surface area contributed by atoms with Gasteiger partial charge in [-0.15, -0.1) is 10.2 Å². The first-order chi connectivity index (χ1) is 10.4. The molecular weight excluding hydrogens is 350 g/mol. The molecule has 0 saturated heterocycles.